The fraction of sp³-hybridized carbons (Fsp3) is 0.727. The third-order valence-corrected chi connectivity index (χ3v) is 3.00. The summed E-state index contributed by atoms with van der Waals surface area (Å²) in [6.45, 7) is 8.03. The summed E-state index contributed by atoms with van der Waals surface area (Å²) in [7, 11) is 0. The Morgan fingerprint density at radius 1 is 1.60 bits per heavy atom. The van der Waals surface area contributed by atoms with Gasteiger partial charge in [0.1, 0.15) is 6.04 Å². The number of ketones is 1. The molecule has 4 nitrogen and oxygen atoms in total. The van der Waals surface area contributed by atoms with Crippen molar-refractivity contribution >= 4 is 5.78 Å². The van der Waals surface area contributed by atoms with E-state index >= 15 is 0 Å². The van der Waals surface area contributed by atoms with Gasteiger partial charge in [-0.2, -0.15) is 0 Å². The number of Topliss-reactive ketones (excluding diaryl/α,β-unsaturated/α-hetero) is 1. The van der Waals surface area contributed by atoms with Crippen molar-refractivity contribution in [1.82, 2.24) is 15.3 Å². The fourth-order valence-corrected chi connectivity index (χ4v) is 2.18. The van der Waals surface area contributed by atoms with E-state index in [0.717, 1.165) is 26.2 Å². The number of hydrazine groups is 1. The predicted molar refractivity (Wildman–Crippen MR) is 59.1 cm³/mol. The molecular weight excluding hydrogens is 190 g/mol. The Labute approximate surface area is 90.9 Å². The SMILES string of the molecule is CCCN1CCN2NC(C(C)=O)C=C2C1. The Bertz CT molecular complexity index is 288. The lowest BCUT2D eigenvalue weighted by atomic mass is 10.2. The molecular formula is C11H19N3O. The lowest BCUT2D eigenvalue weighted by molar-refractivity contribution is -0.118. The van der Waals surface area contributed by atoms with Gasteiger partial charge in [-0.05, 0) is 26.0 Å². The van der Waals surface area contributed by atoms with Gasteiger partial charge in [0.2, 0.25) is 0 Å². The Balaban J connectivity index is 1.99. The smallest absolute Gasteiger partial charge is 0.152 e. The molecule has 2 heterocycles. The second-order valence-electron chi connectivity index (χ2n) is 4.30. The van der Waals surface area contributed by atoms with Crippen LogP contribution in [0, 0.1) is 0 Å². The number of piperazine rings is 1. The fourth-order valence-electron chi connectivity index (χ4n) is 2.18. The van der Waals surface area contributed by atoms with Crippen LogP contribution in [0.4, 0.5) is 0 Å². The molecule has 0 aromatic heterocycles. The molecule has 0 aromatic rings. The highest BCUT2D eigenvalue weighted by molar-refractivity contribution is 5.84. The number of nitrogens with one attached hydrogen (secondary N) is 1. The summed E-state index contributed by atoms with van der Waals surface area (Å²) in [5.74, 6) is 0.193. The maximum absolute atomic E-state index is 11.2. The number of rotatable bonds is 3. The van der Waals surface area contributed by atoms with Gasteiger partial charge in [-0.3, -0.25) is 9.69 Å². The van der Waals surface area contributed by atoms with Crippen molar-refractivity contribution in [3.63, 3.8) is 0 Å². The highest BCUT2D eigenvalue weighted by Crippen LogP contribution is 2.18. The van der Waals surface area contributed by atoms with Gasteiger partial charge in [0.05, 0.1) is 0 Å². The Hall–Kier alpha value is -0.870. The van der Waals surface area contributed by atoms with Crippen molar-refractivity contribution in [2.75, 3.05) is 26.2 Å². The molecule has 0 aromatic carbocycles. The van der Waals surface area contributed by atoms with E-state index < -0.39 is 0 Å². The van der Waals surface area contributed by atoms with Crippen LogP contribution in [0.3, 0.4) is 0 Å². The molecule has 1 saturated heterocycles. The first-order valence-corrected chi connectivity index (χ1v) is 5.68. The summed E-state index contributed by atoms with van der Waals surface area (Å²) in [5.41, 5.74) is 4.48. The van der Waals surface area contributed by atoms with E-state index in [4.69, 9.17) is 0 Å². The normalized spacial score (nSPS) is 26.4. The van der Waals surface area contributed by atoms with Crippen LogP contribution in [0.5, 0.6) is 0 Å². The van der Waals surface area contributed by atoms with Crippen LogP contribution >= 0.6 is 0 Å². The first kappa shape index (κ1) is 10.6. The summed E-state index contributed by atoms with van der Waals surface area (Å²) in [6, 6.07) is -0.0958. The van der Waals surface area contributed by atoms with Crippen LogP contribution in [0.2, 0.25) is 0 Å². The Kier molecular flexibility index (Phi) is 3.07. The highest BCUT2D eigenvalue weighted by Gasteiger charge is 2.29. The second-order valence-corrected chi connectivity index (χ2v) is 4.30. The number of nitrogens with zero attached hydrogens (tertiary/aromatic N) is 2. The zero-order valence-electron chi connectivity index (χ0n) is 9.49. The molecule has 1 atom stereocenters. The molecule has 84 valence electrons. The van der Waals surface area contributed by atoms with E-state index in [1.165, 1.54) is 12.1 Å². The number of carbonyl (C=O) groups is 1. The van der Waals surface area contributed by atoms with Crippen molar-refractivity contribution in [3.05, 3.63) is 11.8 Å². The van der Waals surface area contributed by atoms with Crippen molar-refractivity contribution in [1.29, 1.82) is 0 Å². The summed E-state index contributed by atoms with van der Waals surface area (Å²) >= 11 is 0. The van der Waals surface area contributed by atoms with E-state index in [1.807, 2.05) is 0 Å². The topological polar surface area (TPSA) is 35.6 Å². The van der Waals surface area contributed by atoms with Gasteiger partial charge in [0.15, 0.2) is 5.78 Å². The molecule has 0 spiro atoms. The summed E-state index contributed by atoms with van der Waals surface area (Å²) in [5, 5.41) is 2.12. The van der Waals surface area contributed by atoms with Gasteiger partial charge in [-0.15, -0.1) is 0 Å². The molecule has 2 aliphatic heterocycles. The molecule has 1 unspecified atom stereocenters. The largest absolute Gasteiger partial charge is 0.309 e. The van der Waals surface area contributed by atoms with Crippen LogP contribution in [0.1, 0.15) is 20.3 Å². The van der Waals surface area contributed by atoms with E-state index in [9.17, 15) is 4.79 Å². The van der Waals surface area contributed by atoms with E-state index in [1.54, 1.807) is 6.92 Å². The molecule has 0 bridgehead atoms. The quantitative estimate of drug-likeness (QED) is 0.728. The maximum atomic E-state index is 11.2. The average Bonchev–Trinajstić information content (AvgIpc) is 2.61. The zero-order chi connectivity index (χ0) is 10.8. The Morgan fingerprint density at radius 2 is 2.40 bits per heavy atom. The molecule has 0 amide bonds. The molecule has 0 saturated carbocycles. The standard InChI is InChI=1S/C11H19N3O/c1-3-4-13-5-6-14-10(8-13)7-11(12-14)9(2)15/h7,11-12H,3-6,8H2,1-2H3. The van der Waals surface area contributed by atoms with Gasteiger partial charge < -0.3 is 5.01 Å². The lowest BCUT2D eigenvalue weighted by Gasteiger charge is -2.35. The summed E-state index contributed by atoms with van der Waals surface area (Å²) in [4.78, 5) is 13.7. The molecule has 0 aliphatic carbocycles. The van der Waals surface area contributed by atoms with E-state index in [0.29, 0.717) is 0 Å². The monoisotopic (exact) mass is 209 g/mol. The predicted octanol–water partition coefficient (Wildman–Crippen LogP) is 0.374. The van der Waals surface area contributed by atoms with Crippen LogP contribution in [-0.4, -0.2) is 47.9 Å². The average molecular weight is 209 g/mol. The molecule has 2 rings (SSSR count). The first-order valence-electron chi connectivity index (χ1n) is 5.68. The van der Waals surface area contributed by atoms with E-state index in [-0.39, 0.29) is 11.8 Å². The number of hydrogen-bond acceptors (Lipinski definition) is 4. The van der Waals surface area contributed by atoms with Crippen molar-refractivity contribution in [2.45, 2.75) is 26.3 Å². The van der Waals surface area contributed by atoms with Gasteiger partial charge in [-0.25, -0.2) is 5.43 Å². The summed E-state index contributed by atoms with van der Waals surface area (Å²) < 4.78 is 0. The maximum Gasteiger partial charge on any atom is 0.152 e. The molecule has 2 aliphatic rings. The number of hydrogen-bond donors (Lipinski definition) is 1. The van der Waals surface area contributed by atoms with Gasteiger partial charge in [-0.1, -0.05) is 6.92 Å². The molecule has 15 heavy (non-hydrogen) atoms. The zero-order valence-corrected chi connectivity index (χ0v) is 9.49. The van der Waals surface area contributed by atoms with Crippen LogP contribution in [0.25, 0.3) is 0 Å². The molecule has 1 N–H and O–H groups in total. The van der Waals surface area contributed by atoms with Crippen molar-refractivity contribution < 1.29 is 4.79 Å². The van der Waals surface area contributed by atoms with Gasteiger partial charge in [0, 0.05) is 25.3 Å². The van der Waals surface area contributed by atoms with Crippen molar-refractivity contribution in [2.24, 2.45) is 0 Å². The van der Waals surface area contributed by atoms with Crippen molar-refractivity contribution in [3.8, 4) is 0 Å². The van der Waals surface area contributed by atoms with Crippen LogP contribution in [0.15, 0.2) is 11.8 Å². The highest BCUT2D eigenvalue weighted by atomic mass is 16.1. The molecule has 1 fully saturated rings. The first-order chi connectivity index (χ1) is 7.20. The van der Waals surface area contributed by atoms with Gasteiger partial charge >= 0.3 is 0 Å². The van der Waals surface area contributed by atoms with Crippen LogP contribution in [-0.2, 0) is 4.79 Å². The third kappa shape index (κ3) is 2.21. The minimum atomic E-state index is -0.0958. The number of carbonyl (C=O) groups excluding carboxylic acids is 1. The minimum absolute atomic E-state index is 0.0958. The minimum Gasteiger partial charge on any atom is -0.309 e. The molecule has 0 radical (unpaired) electrons. The summed E-state index contributed by atoms with van der Waals surface area (Å²) in [6.07, 6.45) is 3.25. The molecule has 4 heteroatoms. The number of fused-ring (bicyclic) bond motifs is 1. The van der Waals surface area contributed by atoms with Crippen LogP contribution < -0.4 is 5.43 Å². The third-order valence-electron chi connectivity index (χ3n) is 3.00. The van der Waals surface area contributed by atoms with Gasteiger partial charge in [0.25, 0.3) is 0 Å². The Morgan fingerprint density at radius 3 is 3.07 bits per heavy atom. The second kappa shape index (κ2) is 4.33. The van der Waals surface area contributed by atoms with E-state index in [2.05, 4.69) is 28.3 Å². The lowest BCUT2D eigenvalue weighted by Crippen LogP contribution is -2.49.